The van der Waals surface area contributed by atoms with Gasteiger partial charge >= 0.3 is 0 Å². The van der Waals surface area contributed by atoms with Crippen LogP contribution in [0.1, 0.15) is 25.2 Å². The Kier molecular flexibility index (Phi) is 3.48. The molecule has 0 spiro atoms. The molecular formula is C15H20N4O2. The van der Waals surface area contributed by atoms with Crippen molar-refractivity contribution >= 4 is 0 Å². The van der Waals surface area contributed by atoms with Crippen LogP contribution >= 0.6 is 0 Å². The molecule has 0 amide bonds. The van der Waals surface area contributed by atoms with Gasteiger partial charge in [-0.05, 0) is 31.5 Å². The fourth-order valence-electron chi connectivity index (χ4n) is 3.37. The summed E-state index contributed by atoms with van der Waals surface area (Å²) in [5.41, 5.74) is 0. The number of hydrogen-bond donors (Lipinski definition) is 0. The predicted octanol–water partition coefficient (Wildman–Crippen LogP) is 2.00. The van der Waals surface area contributed by atoms with E-state index in [4.69, 9.17) is 8.83 Å². The summed E-state index contributed by atoms with van der Waals surface area (Å²) in [6.07, 6.45) is 5.64. The maximum absolute atomic E-state index is 5.70. The van der Waals surface area contributed by atoms with E-state index in [0.717, 1.165) is 26.2 Å². The zero-order valence-electron chi connectivity index (χ0n) is 12.1. The van der Waals surface area contributed by atoms with Gasteiger partial charge in [-0.1, -0.05) is 6.42 Å². The van der Waals surface area contributed by atoms with Gasteiger partial charge in [-0.15, -0.1) is 10.2 Å². The summed E-state index contributed by atoms with van der Waals surface area (Å²) in [7, 11) is 0. The van der Waals surface area contributed by atoms with Gasteiger partial charge in [-0.3, -0.25) is 9.80 Å². The second-order valence-corrected chi connectivity index (χ2v) is 5.90. The van der Waals surface area contributed by atoms with Gasteiger partial charge < -0.3 is 8.83 Å². The summed E-state index contributed by atoms with van der Waals surface area (Å²) in [6.45, 7) is 5.34. The van der Waals surface area contributed by atoms with Crippen molar-refractivity contribution < 1.29 is 8.83 Å². The monoisotopic (exact) mass is 288 g/mol. The molecule has 21 heavy (non-hydrogen) atoms. The highest BCUT2D eigenvalue weighted by atomic mass is 16.4. The smallest absolute Gasteiger partial charge is 0.283 e. The second-order valence-electron chi connectivity index (χ2n) is 5.90. The van der Waals surface area contributed by atoms with Crippen LogP contribution < -0.4 is 0 Å². The Morgan fingerprint density at radius 3 is 3.10 bits per heavy atom. The first-order chi connectivity index (χ1) is 10.4. The lowest BCUT2D eigenvalue weighted by atomic mass is 9.99. The minimum Gasteiger partial charge on any atom is -0.459 e. The molecule has 0 N–H and O–H groups in total. The second kappa shape index (κ2) is 5.61. The standard InChI is InChI=1S/C15H20N4O2/c1-2-6-19-8-7-18(10-12(19)4-1)11-14-16-17-15(21-14)13-5-3-9-20-13/h3,5,9,12H,1-2,4,6-8,10-11H2. The van der Waals surface area contributed by atoms with E-state index in [-0.39, 0.29) is 0 Å². The third kappa shape index (κ3) is 2.73. The van der Waals surface area contributed by atoms with Crippen molar-refractivity contribution in [2.75, 3.05) is 26.2 Å². The molecule has 2 aromatic heterocycles. The number of hydrogen-bond acceptors (Lipinski definition) is 6. The molecule has 0 radical (unpaired) electrons. The van der Waals surface area contributed by atoms with Gasteiger partial charge in [0.25, 0.3) is 5.89 Å². The van der Waals surface area contributed by atoms with Crippen molar-refractivity contribution in [2.24, 2.45) is 0 Å². The lowest BCUT2D eigenvalue weighted by molar-refractivity contribution is 0.0418. The molecule has 1 unspecified atom stereocenters. The third-order valence-corrected chi connectivity index (χ3v) is 4.48. The molecule has 2 aliphatic heterocycles. The Bertz CT molecular complexity index is 580. The first-order valence-corrected chi connectivity index (χ1v) is 7.71. The molecule has 0 bridgehead atoms. The summed E-state index contributed by atoms with van der Waals surface area (Å²) < 4.78 is 11.0. The minimum absolute atomic E-state index is 0.464. The van der Waals surface area contributed by atoms with E-state index >= 15 is 0 Å². The fourth-order valence-corrected chi connectivity index (χ4v) is 3.37. The minimum atomic E-state index is 0.464. The van der Waals surface area contributed by atoms with Crippen LogP contribution in [0, 0.1) is 0 Å². The number of piperazine rings is 1. The van der Waals surface area contributed by atoms with Crippen LogP contribution in [0.25, 0.3) is 11.7 Å². The van der Waals surface area contributed by atoms with Gasteiger partial charge in [0.15, 0.2) is 5.76 Å². The topological polar surface area (TPSA) is 58.5 Å². The van der Waals surface area contributed by atoms with Crippen molar-refractivity contribution in [3.63, 3.8) is 0 Å². The van der Waals surface area contributed by atoms with E-state index in [0.29, 0.717) is 23.6 Å². The highest BCUT2D eigenvalue weighted by Crippen LogP contribution is 2.23. The van der Waals surface area contributed by atoms with Gasteiger partial charge in [0.2, 0.25) is 5.89 Å². The molecule has 2 aliphatic rings. The molecule has 0 aliphatic carbocycles. The van der Waals surface area contributed by atoms with Gasteiger partial charge in [0.1, 0.15) is 0 Å². The molecule has 1 atom stereocenters. The average Bonchev–Trinajstić information content (AvgIpc) is 3.18. The maximum Gasteiger partial charge on any atom is 0.283 e. The first-order valence-electron chi connectivity index (χ1n) is 7.71. The summed E-state index contributed by atoms with van der Waals surface area (Å²) >= 11 is 0. The SMILES string of the molecule is c1coc(-c2nnc(CN3CCN4CCCCC4C3)o2)c1. The Morgan fingerprint density at radius 2 is 2.19 bits per heavy atom. The third-order valence-electron chi connectivity index (χ3n) is 4.48. The molecule has 4 heterocycles. The van der Waals surface area contributed by atoms with E-state index < -0.39 is 0 Å². The van der Waals surface area contributed by atoms with Gasteiger partial charge in [-0.2, -0.15) is 0 Å². The number of piperidine rings is 1. The number of aromatic nitrogens is 2. The van der Waals surface area contributed by atoms with Gasteiger partial charge in [-0.25, -0.2) is 0 Å². The predicted molar refractivity (Wildman–Crippen MR) is 76.5 cm³/mol. The van der Waals surface area contributed by atoms with Crippen LogP contribution in [0.5, 0.6) is 0 Å². The summed E-state index contributed by atoms with van der Waals surface area (Å²) in [6, 6.07) is 4.36. The number of furan rings is 1. The van der Waals surface area contributed by atoms with Crippen molar-refractivity contribution in [1.29, 1.82) is 0 Å². The lowest BCUT2D eigenvalue weighted by Crippen LogP contribution is -2.54. The van der Waals surface area contributed by atoms with E-state index in [1.165, 1.54) is 25.8 Å². The number of rotatable bonds is 3. The molecule has 112 valence electrons. The van der Waals surface area contributed by atoms with E-state index in [9.17, 15) is 0 Å². The largest absolute Gasteiger partial charge is 0.459 e. The summed E-state index contributed by atoms with van der Waals surface area (Å²) in [5.74, 6) is 1.77. The molecular weight excluding hydrogens is 268 g/mol. The highest BCUT2D eigenvalue weighted by molar-refractivity contribution is 5.42. The van der Waals surface area contributed by atoms with Gasteiger partial charge in [0, 0.05) is 25.7 Å². The van der Waals surface area contributed by atoms with Crippen LogP contribution in [-0.4, -0.2) is 52.2 Å². The van der Waals surface area contributed by atoms with E-state index in [1.54, 1.807) is 6.26 Å². The molecule has 4 rings (SSSR count). The van der Waals surface area contributed by atoms with Crippen LogP contribution in [0.3, 0.4) is 0 Å². The van der Waals surface area contributed by atoms with Crippen molar-refractivity contribution in [1.82, 2.24) is 20.0 Å². The average molecular weight is 288 g/mol. The van der Waals surface area contributed by atoms with E-state index in [2.05, 4.69) is 20.0 Å². The number of nitrogens with zero attached hydrogens (tertiary/aromatic N) is 4. The lowest BCUT2D eigenvalue weighted by Gasteiger charge is -2.43. The molecule has 2 saturated heterocycles. The van der Waals surface area contributed by atoms with Crippen LogP contribution in [-0.2, 0) is 6.54 Å². The van der Waals surface area contributed by atoms with Crippen LogP contribution in [0.15, 0.2) is 27.2 Å². The Morgan fingerprint density at radius 1 is 1.19 bits per heavy atom. The number of fused-ring (bicyclic) bond motifs is 1. The van der Waals surface area contributed by atoms with E-state index in [1.807, 2.05) is 12.1 Å². The van der Waals surface area contributed by atoms with Crippen molar-refractivity contribution in [2.45, 2.75) is 31.8 Å². The zero-order valence-corrected chi connectivity index (χ0v) is 12.1. The molecule has 6 nitrogen and oxygen atoms in total. The molecule has 6 heteroatoms. The summed E-state index contributed by atoms with van der Waals surface area (Å²) in [5, 5.41) is 8.20. The normalized spacial score (nSPS) is 24.1. The first kappa shape index (κ1) is 13.0. The Labute approximate surface area is 123 Å². The molecule has 0 aromatic carbocycles. The Balaban J connectivity index is 1.40. The molecule has 0 saturated carbocycles. The zero-order chi connectivity index (χ0) is 14.1. The van der Waals surface area contributed by atoms with Crippen LogP contribution in [0.4, 0.5) is 0 Å². The quantitative estimate of drug-likeness (QED) is 0.861. The van der Waals surface area contributed by atoms with Crippen molar-refractivity contribution in [3.05, 3.63) is 24.3 Å². The van der Waals surface area contributed by atoms with Crippen LogP contribution in [0.2, 0.25) is 0 Å². The van der Waals surface area contributed by atoms with Crippen molar-refractivity contribution in [3.8, 4) is 11.7 Å². The molecule has 2 aromatic rings. The fraction of sp³-hybridized carbons (Fsp3) is 0.600. The highest BCUT2D eigenvalue weighted by Gasteiger charge is 2.29. The van der Waals surface area contributed by atoms with Gasteiger partial charge in [0.05, 0.1) is 12.8 Å². The summed E-state index contributed by atoms with van der Waals surface area (Å²) in [4.78, 5) is 5.05. The maximum atomic E-state index is 5.70. The molecule has 2 fully saturated rings. The Hall–Kier alpha value is -1.66.